The fourth-order valence-corrected chi connectivity index (χ4v) is 3.50. The van der Waals surface area contributed by atoms with Gasteiger partial charge in [0.2, 0.25) is 0 Å². The van der Waals surface area contributed by atoms with Crippen molar-refractivity contribution >= 4 is 23.3 Å². The number of ether oxygens (including phenoxy) is 2. The van der Waals surface area contributed by atoms with Crippen molar-refractivity contribution in [3.8, 4) is 5.75 Å². The first-order valence-corrected chi connectivity index (χ1v) is 10.7. The Kier molecular flexibility index (Phi) is 9.43. The lowest BCUT2D eigenvalue weighted by Gasteiger charge is -2.16. The molecule has 2 aromatic rings. The van der Waals surface area contributed by atoms with Gasteiger partial charge < -0.3 is 20.1 Å². The van der Waals surface area contributed by atoms with Gasteiger partial charge in [-0.05, 0) is 39.8 Å². The van der Waals surface area contributed by atoms with Gasteiger partial charge in [0.15, 0.2) is 5.96 Å². The monoisotopic (exact) mass is 418 g/mol. The van der Waals surface area contributed by atoms with E-state index in [0.29, 0.717) is 36.3 Å². The molecule has 0 radical (unpaired) electrons. The van der Waals surface area contributed by atoms with Crippen LogP contribution in [0, 0.1) is 6.92 Å². The molecule has 7 nitrogen and oxygen atoms in total. The summed E-state index contributed by atoms with van der Waals surface area (Å²) >= 11 is 1.35. The zero-order valence-corrected chi connectivity index (χ0v) is 18.3. The molecule has 0 aliphatic carbocycles. The number of esters is 1. The number of thiazole rings is 1. The van der Waals surface area contributed by atoms with Gasteiger partial charge in [0.1, 0.15) is 15.6 Å². The molecule has 8 heteroatoms. The second-order valence-electron chi connectivity index (χ2n) is 6.33. The summed E-state index contributed by atoms with van der Waals surface area (Å²) in [6.07, 6.45) is 0.809. The summed E-state index contributed by atoms with van der Waals surface area (Å²) in [7, 11) is 0. The maximum atomic E-state index is 12.0. The second-order valence-corrected chi connectivity index (χ2v) is 7.36. The van der Waals surface area contributed by atoms with E-state index < -0.39 is 0 Å². The van der Waals surface area contributed by atoms with Crippen LogP contribution in [0.3, 0.4) is 0 Å². The average molecular weight is 419 g/mol. The summed E-state index contributed by atoms with van der Waals surface area (Å²) in [6, 6.07) is 9.67. The number of carbonyl (C=O) groups is 1. The molecule has 0 saturated heterocycles. The van der Waals surface area contributed by atoms with E-state index in [1.165, 1.54) is 11.3 Å². The highest BCUT2D eigenvalue weighted by Crippen LogP contribution is 2.24. The van der Waals surface area contributed by atoms with Crippen LogP contribution in [0.25, 0.3) is 0 Å². The number of benzene rings is 1. The molecule has 2 rings (SSSR count). The molecule has 1 atom stereocenters. The normalized spacial score (nSPS) is 12.3. The molecule has 1 heterocycles. The first kappa shape index (κ1) is 22.7. The lowest BCUT2D eigenvalue weighted by molar-refractivity contribution is 0.0531. The smallest absolute Gasteiger partial charge is 0.350 e. The maximum Gasteiger partial charge on any atom is 0.350 e. The number of carbonyl (C=O) groups excluding carboxylic acids is 1. The van der Waals surface area contributed by atoms with E-state index in [-0.39, 0.29) is 12.0 Å². The fraction of sp³-hybridized carbons (Fsp3) is 0.476. The van der Waals surface area contributed by atoms with Gasteiger partial charge in [-0.3, -0.25) is 4.99 Å². The first-order chi connectivity index (χ1) is 14.0. The average Bonchev–Trinajstić information content (AvgIpc) is 3.11. The third-order valence-corrected chi connectivity index (χ3v) is 5.25. The van der Waals surface area contributed by atoms with E-state index >= 15 is 0 Å². The largest absolute Gasteiger partial charge is 0.494 e. The van der Waals surface area contributed by atoms with Gasteiger partial charge in [0.05, 0.1) is 24.9 Å². The van der Waals surface area contributed by atoms with Gasteiger partial charge in [0.25, 0.3) is 0 Å². The van der Waals surface area contributed by atoms with Crippen LogP contribution >= 0.6 is 11.3 Å². The number of aromatic nitrogens is 1. The molecule has 0 aliphatic heterocycles. The molecule has 2 N–H and O–H groups in total. The van der Waals surface area contributed by atoms with Crippen LogP contribution in [0.4, 0.5) is 0 Å². The zero-order valence-electron chi connectivity index (χ0n) is 17.5. The molecule has 1 aromatic heterocycles. The number of hydrogen-bond acceptors (Lipinski definition) is 6. The van der Waals surface area contributed by atoms with Crippen molar-refractivity contribution in [2.75, 3.05) is 26.3 Å². The highest BCUT2D eigenvalue weighted by Gasteiger charge is 2.20. The molecule has 29 heavy (non-hydrogen) atoms. The fourth-order valence-electron chi connectivity index (χ4n) is 2.54. The Balaban J connectivity index is 1.89. The molecule has 0 bridgehead atoms. The lowest BCUT2D eigenvalue weighted by atomic mass is 10.3. The molecule has 0 fully saturated rings. The van der Waals surface area contributed by atoms with Crippen molar-refractivity contribution in [1.29, 1.82) is 0 Å². The molecular formula is C21H30N4O3S. The molecular weight excluding hydrogens is 388 g/mol. The van der Waals surface area contributed by atoms with E-state index in [4.69, 9.17) is 9.47 Å². The van der Waals surface area contributed by atoms with Crippen LogP contribution in [-0.2, 0) is 4.74 Å². The number of aryl methyl sites for hydroxylation is 1. The van der Waals surface area contributed by atoms with Gasteiger partial charge in [-0.1, -0.05) is 18.2 Å². The minimum Gasteiger partial charge on any atom is -0.494 e. The Bertz CT molecular complexity index is 792. The summed E-state index contributed by atoms with van der Waals surface area (Å²) in [4.78, 5) is 21.7. The van der Waals surface area contributed by atoms with Crippen LogP contribution in [0.15, 0.2) is 35.3 Å². The summed E-state index contributed by atoms with van der Waals surface area (Å²) < 4.78 is 10.8. The Hall–Kier alpha value is -2.61. The van der Waals surface area contributed by atoms with Crippen molar-refractivity contribution in [1.82, 2.24) is 15.6 Å². The number of para-hydroxylation sites is 1. The Labute approximate surface area is 176 Å². The highest BCUT2D eigenvalue weighted by atomic mass is 32.1. The molecule has 1 aromatic carbocycles. The SMILES string of the molecule is CCNC(=NCCCOc1ccccc1)NC(C)c1nc(C)c(C(=O)OCC)s1. The van der Waals surface area contributed by atoms with Crippen molar-refractivity contribution in [2.24, 2.45) is 4.99 Å². The predicted molar refractivity (Wildman–Crippen MR) is 117 cm³/mol. The molecule has 0 amide bonds. The van der Waals surface area contributed by atoms with E-state index in [0.717, 1.165) is 23.7 Å². The number of nitrogens with one attached hydrogen (secondary N) is 2. The topological polar surface area (TPSA) is 84.8 Å². The number of hydrogen-bond donors (Lipinski definition) is 2. The summed E-state index contributed by atoms with van der Waals surface area (Å²) in [5, 5.41) is 7.41. The van der Waals surface area contributed by atoms with Gasteiger partial charge >= 0.3 is 5.97 Å². The van der Waals surface area contributed by atoms with Gasteiger partial charge in [0, 0.05) is 19.5 Å². The third kappa shape index (κ3) is 7.38. The highest BCUT2D eigenvalue weighted by molar-refractivity contribution is 7.13. The van der Waals surface area contributed by atoms with E-state index in [1.807, 2.05) is 51.1 Å². The molecule has 0 spiro atoms. The standard InChI is InChI=1S/C21H30N4O3S/c1-5-22-21(23-13-10-14-28-17-11-8-7-9-12-17)25-16(4)19-24-15(3)18(29-19)20(26)27-6-2/h7-9,11-12,16H,5-6,10,13-14H2,1-4H3,(H2,22,23,25). The number of rotatable bonds is 10. The summed E-state index contributed by atoms with van der Waals surface area (Å²) in [5.74, 6) is 1.26. The third-order valence-electron chi connectivity index (χ3n) is 3.93. The van der Waals surface area contributed by atoms with Crippen molar-refractivity contribution in [3.63, 3.8) is 0 Å². The summed E-state index contributed by atoms with van der Waals surface area (Å²) in [6.45, 7) is 9.99. The van der Waals surface area contributed by atoms with Crippen molar-refractivity contribution < 1.29 is 14.3 Å². The quantitative estimate of drug-likeness (QED) is 0.265. The second kappa shape index (κ2) is 12.1. The van der Waals surface area contributed by atoms with Crippen LogP contribution in [0.1, 0.15) is 53.6 Å². The van der Waals surface area contributed by atoms with Gasteiger partial charge in [-0.15, -0.1) is 11.3 Å². The van der Waals surface area contributed by atoms with E-state index in [2.05, 4.69) is 20.6 Å². The lowest BCUT2D eigenvalue weighted by Crippen LogP contribution is -2.38. The van der Waals surface area contributed by atoms with E-state index in [9.17, 15) is 4.79 Å². The zero-order chi connectivity index (χ0) is 21.1. The Morgan fingerprint density at radius 3 is 2.72 bits per heavy atom. The van der Waals surface area contributed by atoms with Crippen molar-refractivity contribution in [2.45, 2.75) is 40.2 Å². The van der Waals surface area contributed by atoms with Crippen LogP contribution < -0.4 is 15.4 Å². The van der Waals surface area contributed by atoms with Crippen LogP contribution in [0.2, 0.25) is 0 Å². The first-order valence-electron chi connectivity index (χ1n) is 9.92. The number of aliphatic imine (C=N–C) groups is 1. The van der Waals surface area contributed by atoms with Crippen LogP contribution in [-0.4, -0.2) is 43.2 Å². The predicted octanol–water partition coefficient (Wildman–Crippen LogP) is 3.71. The maximum absolute atomic E-state index is 12.0. The molecule has 1 unspecified atom stereocenters. The van der Waals surface area contributed by atoms with E-state index in [1.54, 1.807) is 6.92 Å². The minimum atomic E-state index is -0.320. The van der Waals surface area contributed by atoms with Crippen LogP contribution in [0.5, 0.6) is 5.75 Å². The Morgan fingerprint density at radius 1 is 1.28 bits per heavy atom. The Morgan fingerprint density at radius 2 is 2.03 bits per heavy atom. The molecule has 0 aliphatic rings. The summed E-state index contributed by atoms with van der Waals surface area (Å²) in [5.41, 5.74) is 0.692. The van der Waals surface area contributed by atoms with Gasteiger partial charge in [-0.25, -0.2) is 9.78 Å². The minimum absolute atomic E-state index is 0.0831. The number of nitrogens with zero attached hydrogens (tertiary/aromatic N) is 2. The molecule has 0 saturated carbocycles. The van der Waals surface area contributed by atoms with Gasteiger partial charge in [-0.2, -0.15) is 0 Å². The van der Waals surface area contributed by atoms with Crippen molar-refractivity contribution in [3.05, 3.63) is 45.9 Å². The number of guanidine groups is 1. The molecule has 158 valence electrons.